The zero-order valence-corrected chi connectivity index (χ0v) is 14.5. The molecule has 0 radical (unpaired) electrons. The van der Waals surface area contributed by atoms with Crippen LogP contribution in [-0.4, -0.2) is 19.3 Å². The van der Waals surface area contributed by atoms with Crippen LogP contribution in [0.5, 0.6) is 17.2 Å². The molecule has 1 aliphatic heterocycles. The number of rotatable bonds is 7. The predicted octanol–water partition coefficient (Wildman–Crippen LogP) is 2.33. The summed E-state index contributed by atoms with van der Waals surface area (Å²) < 4.78 is 17.1. The Bertz CT molecular complexity index is 751. The Labute approximate surface area is 148 Å². The lowest BCUT2D eigenvalue weighted by atomic mass is 10.1. The van der Waals surface area contributed by atoms with Crippen LogP contribution in [0, 0.1) is 0 Å². The van der Waals surface area contributed by atoms with Crippen molar-refractivity contribution in [3.63, 3.8) is 0 Å². The first kappa shape index (κ1) is 16.6. The summed E-state index contributed by atoms with van der Waals surface area (Å²) >= 11 is 3.44. The van der Waals surface area contributed by atoms with Gasteiger partial charge in [-0.05, 0) is 35.9 Å². The number of benzene rings is 2. The summed E-state index contributed by atoms with van der Waals surface area (Å²) in [5, 5.41) is 3.35. The Morgan fingerprint density at radius 1 is 1.17 bits per heavy atom. The normalized spacial score (nSPS) is 12.2. The molecule has 0 spiro atoms. The van der Waals surface area contributed by atoms with Crippen molar-refractivity contribution in [2.24, 2.45) is 5.73 Å². The third kappa shape index (κ3) is 4.18. The van der Waals surface area contributed by atoms with Crippen molar-refractivity contribution in [3.05, 3.63) is 52.0 Å². The van der Waals surface area contributed by atoms with Gasteiger partial charge in [0.05, 0.1) is 0 Å². The Morgan fingerprint density at radius 3 is 2.83 bits per heavy atom. The molecule has 0 aromatic heterocycles. The summed E-state index contributed by atoms with van der Waals surface area (Å²) in [4.78, 5) is 10.9. The summed E-state index contributed by atoms with van der Waals surface area (Å²) in [6.07, 6.45) is 0. The van der Waals surface area contributed by atoms with Crippen LogP contribution in [0.15, 0.2) is 40.9 Å². The van der Waals surface area contributed by atoms with Crippen molar-refractivity contribution in [1.29, 1.82) is 0 Å². The van der Waals surface area contributed by atoms with Gasteiger partial charge in [-0.25, -0.2) is 0 Å². The molecule has 0 atom stereocenters. The van der Waals surface area contributed by atoms with Gasteiger partial charge in [0.1, 0.15) is 5.75 Å². The van der Waals surface area contributed by atoms with Crippen molar-refractivity contribution in [2.75, 3.05) is 13.4 Å². The molecular formula is C17H17BrN2O4. The zero-order valence-electron chi connectivity index (χ0n) is 12.9. The number of nitrogens with one attached hydrogen (secondary N) is 1. The Morgan fingerprint density at radius 2 is 2.00 bits per heavy atom. The van der Waals surface area contributed by atoms with Gasteiger partial charge >= 0.3 is 0 Å². The lowest BCUT2D eigenvalue weighted by molar-refractivity contribution is -0.119. The lowest BCUT2D eigenvalue weighted by Crippen LogP contribution is -2.21. The summed E-state index contributed by atoms with van der Waals surface area (Å²) in [6, 6.07) is 11.5. The van der Waals surface area contributed by atoms with E-state index in [1.165, 1.54) is 0 Å². The molecule has 6 nitrogen and oxygen atoms in total. The minimum atomic E-state index is -0.503. The highest BCUT2D eigenvalue weighted by molar-refractivity contribution is 9.10. The number of hydrogen-bond donors (Lipinski definition) is 2. The van der Waals surface area contributed by atoms with Gasteiger partial charge in [-0.1, -0.05) is 22.0 Å². The van der Waals surface area contributed by atoms with Gasteiger partial charge in [-0.3, -0.25) is 4.79 Å². The molecule has 0 aliphatic carbocycles. The second-order valence-corrected chi connectivity index (χ2v) is 6.21. The molecule has 1 heterocycles. The molecule has 2 aromatic carbocycles. The van der Waals surface area contributed by atoms with E-state index in [4.69, 9.17) is 19.9 Å². The zero-order chi connectivity index (χ0) is 16.9. The van der Waals surface area contributed by atoms with Crippen LogP contribution in [0.4, 0.5) is 0 Å². The maximum Gasteiger partial charge on any atom is 0.255 e. The van der Waals surface area contributed by atoms with E-state index in [0.717, 1.165) is 27.1 Å². The van der Waals surface area contributed by atoms with Crippen molar-refractivity contribution in [3.8, 4) is 17.2 Å². The second kappa shape index (κ2) is 7.55. The predicted molar refractivity (Wildman–Crippen MR) is 91.9 cm³/mol. The van der Waals surface area contributed by atoms with E-state index >= 15 is 0 Å². The highest BCUT2D eigenvalue weighted by atomic mass is 79.9. The van der Waals surface area contributed by atoms with Crippen LogP contribution in [0.2, 0.25) is 0 Å². The summed E-state index contributed by atoms with van der Waals surface area (Å²) in [5.41, 5.74) is 7.16. The highest BCUT2D eigenvalue weighted by Gasteiger charge is 2.13. The topological polar surface area (TPSA) is 82.8 Å². The number of fused-ring (bicyclic) bond motifs is 1. The van der Waals surface area contributed by atoms with Gasteiger partial charge in [-0.2, -0.15) is 0 Å². The Balaban J connectivity index is 1.61. The van der Waals surface area contributed by atoms with E-state index in [1.54, 1.807) is 0 Å². The molecule has 1 aliphatic rings. The molecule has 24 heavy (non-hydrogen) atoms. The quantitative estimate of drug-likeness (QED) is 0.755. The van der Waals surface area contributed by atoms with E-state index in [-0.39, 0.29) is 13.4 Å². The minimum Gasteiger partial charge on any atom is -0.483 e. The average Bonchev–Trinajstić information content (AvgIpc) is 3.01. The second-order valence-electron chi connectivity index (χ2n) is 5.30. The van der Waals surface area contributed by atoms with Crippen molar-refractivity contribution < 1.29 is 19.0 Å². The monoisotopic (exact) mass is 392 g/mol. The molecule has 126 valence electrons. The molecule has 0 bridgehead atoms. The number of carbonyl (C=O) groups is 1. The number of primary amides is 1. The van der Waals surface area contributed by atoms with Crippen molar-refractivity contribution in [2.45, 2.75) is 13.1 Å². The Hall–Kier alpha value is -2.25. The molecular weight excluding hydrogens is 376 g/mol. The maximum atomic E-state index is 10.9. The van der Waals surface area contributed by atoms with E-state index in [1.807, 2.05) is 36.4 Å². The molecule has 0 unspecified atom stereocenters. The first-order valence-electron chi connectivity index (χ1n) is 7.40. The summed E-state index contributed by atoms with van der Waals surface area (Å²) in [7, 11) is 0. The number of carbonyl (C=O) groups excluding carboxylic acids is 1. The Kier molecular flexibility index (Phi) is 5.22. The number of hydrogen-bond acceptors (Lipinski definition) is 5. The largest absolute Gasteiger partial charge is 0.483 e. The highest BCUT2D eigenvalue weighted by Crippen LogP contribution is 2.32. The standard InChI is InChI=1S/C17H17BrN2O4/c18-13-2-4-14(22-9-17(19)21)12(6-13)8-20-7-11-1-3-15-16(5-11)24-10-23-15/h1-6,20H,7-10H2,(H2,19,21). The smallest absolute Gasteiger partial charge is 0.255 e. The van der Waals surface area contributed by atoms with Gasteiger partial charge in [0.15, 0.2) is 18.1 Å². The van der Waals surface area contributed by atoms with Gasteiger partial charge < -0.3 is 25.3 Å². The number of amides is 1. The third-order valence-corrected chi connectivity index (χ3v) is 3.97. The SMILES string of the molecule is NC(=O)COc1ccc(Br)cc1CNCc1ccc2c(c1)OCO2. The van der Waals surface area contributed by atoms with Crippen molar-refractivity contribution in [1.82, 2.24) is 5.32 Å². The molecule has 3 N–H and O–H groups in total. The summed E-state index contributed by atoms with van der Waals surface area (Å²) in [6.45, 7) is 1.38. The van der Waals surface area contributed by atoms with Gasteiger partial charge in [0.25, 0.3) is 5.91 Å². The van der Waals surface area contributed by atoms with E-state index in [9.17, 15) is 4.79 Å². The van der Waals surface area contributed by atoms with Gasteiger partial charge in [0, 0.05) is 23.1 Å². The molecule has 0 fully saturated rings. The van der Waals surface area contributed by atoms with E-state index in [0.29, 0.717) is 18.8 Å². The number of ether oxygens (including phenoxy) is 3. The fraction of sp³-hybridized carbons (Fsp3) is 0.235. The third-order valence-electron chi connectivity index (χ3n) is 3.47. The molecule has 1 amide bonds. The molecule has 0 saturated carbocycles. The van der Waals surface area contributed by atoms with E-state index < -0.39 is 5.91 Å². The fourth-order valence-electron chi connectivity index (χ4n) is 2.37. The van der Waals surface area contributed by atoms with Crippen LogP contribution < -0.4 is 25.3 Å². The molecule has 2 aromatic rings. The summed E-state index contributed by atoms with van der Waals surface area (Å²) in [5.74, 6) is 1.67. The number of halogens is 1. The first-order valence-corrected chi connectivity index (χ1v) is 8.20. The molecule has 3 rings (SSSR count). The van der Waals surface area contributed by atoms with Crippen LogP contribution in [-0.2, 0) is 17.9 Å². The maximum absolute atomic E-state index is 10.9. The van der Waals surface area contributed by atoms with Gasteiger partial charge in [-0.15, -0.1) is 0 Å². The first-order chi connectivity index (χ1) is 11.6. The lowest BCUT2D eigenvalue weighted by Gasteiger charge is -2.12. The van der Waals surface area contributed by atoms with Crippen LogP contribution in [0.25, 0.3) is 0 Å². The number of nitrogens with two attached hydrogens (primary N) is 1. The average molecular weight is 393 g/mol. The van der Waals surface area contributed by atoms with Crippen LogP contribution >= 0.6 is 15.9 Å². The van der Waals surface area contributed by atoms with E-state index in [2.05, 4.69) is 21.2 Å². The molecule has 7 heteroatoms. The van der Waals surface area contributed by atoms with Crippen LogP contribution in [0.3, 0.4) is 0 Å². The van der Waals surface area contributed by atoms with Crippen LogP contribution in [0.1, 0.15) is 11.1 Å². The molecule has 0 saturated heterocycles. The minimum absolute atomic E-state index is 0.142. The fourth-order valence-corrected chi connectivity index (χ4v) is 2.78. The van der Waals surface area contributed by atoms with Gasteiger partial charge in [0.2, 0.25) is 6.79 Å². The van der Waals surface area contributed by atoms with Crippen molar-refractivity contribution >= 4 is 21.8 Å².